The Morgan fingerprint density at radius 3 is 2.47 bits per heavy atom. The van der Waals surface area contributed by atoms with Crippen LogP contribution < -0.4 is 5.32 Å². The van der Waals surface area contributed by atoms with Gasteiger partial charge in [0.1, 0.15) is 0 Å². The lowest BCUT2D eigenvalue weighted by atomic mass is 10.1. The molecule has 1 fully saturated rings. The molecule has 1 N–H and O–H groups in total. The summed E-state index contributed by atoms with van der Waals surface area (Å²) in [6.45, 7) is 2.20. The summed E-state index contributed by atoms with van der Waals surface area (Å²) in [7, 11) is 0. The number of hydrogen-bond donors (Lipinski definition) is 1. The molecule has 92 valence electrons. The van der Waals surface area contributed by atoms with Gasteiger partial charge in [-0.15, -0.1) is 0 Å². The zero-order valence-electron chi connectivity index (χ0n) is 9.67. The van der Waals surface area contributed by atoms with Crippen LogP contribution in [0.5, 0.6) is 0 Å². The Hall–Kier alpha value is -0.730. The first-order chi connectivity index (χ1) is 8.08. The van der Waals surface area contributed by atoms with Crippen molar-refractivity contribution >= 4 is 29.1 Å². The minimum Gasteiger partial charge on any atom is -0.349 e. The summed E-state index contributed by atoms with van der Waals surface area (Å²) in [5.74, 6) is 0.515. The van der Waals surface area contributed by atoms with Crippen molar-refractivity contribution in [3.05, 3.63) is 33.8 Å². The maximum absolute atomic E-state index is 12.1. The van der Waals surface area contributed by atoms with Crippen molar-refractivity contribution in [3.63, 3.8) is 0 Å². The van der Waals surface area contributed by atoms with Crippen LogP contribution >= 0.6 is 23.2 Å². The van der Waals surface area contributed by atoms with Crippen molar-refractivity contribution in [1.82, 2.24) is 5.32 Å². The molecule has 1 amide bonds. The van der Waals surface area contributed by atoms with Gasteiger partial charge in [0.25, 0.3) is 5.91 Å². The molecule has 0 aliphatic heterocycles. The van der Waals surface area contributed by atoms with Crippen molar-refractivity contribution in [2.45, 2.75) is 32.2 Å². The van der Waals surface area contributed by atoms with Crippen LogP contribution in [-0.4, -0.2) is 11.9 Å². The average molecular weight is 272 g/mol. The molecule has 2 nitrogen and oxygen atoms in total. The third kappa shape index (κ3) is 2.93. The van der Waals surface area contributed by atoms with Crippen LogP contribution in [0.4, 0.5) is 0 Å². The maximum atomic E-state index is 12.1. The van der Waals surface area contributed by atoms with E-state index in [0.29, 0.717) is 21.5 Å². The molecule has 1 aromatic carbocycles. The first-order valence-electron chi connectivity index (χ1n) is 5.83. The molecular weight excluding hydrogens is 257 g/mol. The topological polar surface area (TPSA) is 29.1 Å². The molecular formula is C13H15Cl2NO. The lowest BCUT2D eigenvalue weighted by Gasteiger charge is -2.14. The summed E-state index contributed by atoms with van der Waals surface area (Å²) in [5, 5.41) is 3.81. The molecule has 0 heterocycles. The van der Waals surface area contributed by atoms with Crippen LogP contribution in [0.15, 0.2) is 18.2 Å². The summed E-state index contributed by atoms with van der Waals surface area (Å²) < 4.78 is 0. The van der Waals surface area contributed by atoms with E-state index >= 15 is 0 Å². The van der Waals surface area contributed by atoms with Gasteiger partial charge >= 0.3 is 0 Å². The summed E-state index contributed by atoms with van der Waals surface area (Å²) in [6, 6.07) is 5.35. The number of nitrogens with one attached hydrogen (secondary N) is 1. The molecule has 0 radical (unpaired) electrons. The van der Waals surface area contributed by atoms with E-state index in [1.54, 1.807) is 18.2 Å². The molecule has 4 heteroatoms. The summed E-state index contributed by atoms with van der Waals surface area (Å²) in [5.41, 5.74) is 0.385. The van der Waals surface area contributed by atoms with Crippen LogP contribution in [0.25, 0.3) is 0 Å². The second-order valence-corrected chi connectivity index (χ2v) is 5.50. The van der Waals surface area contributed by atoms with E-state index in [9.17, 15) is 4.79 Å². The smallest absolute Gasteiger partial charge is 0.254 e. The molecule has 2 unspecified atom stereocenters. The van der Waals surface area contributed by atoms with Gasteiger partial charge in [0.05, 0.1) is 15.6 Å². The number of hydrogen-bond acceptors (Lipinski definition) is 1. The predicted molar refractivity (Wildman–Crippen MR) is 70.7 cm³/mol. The van der Waals surface area contributed by atoms with E-state index in [2.05, 4.69) is 12.2 Å². The van der Waals surface area contributed by atoms with E-state index in [1.165, 1.54) is 6.42 Å². The highest BCUT2D eigenvalue weighted by Crippen LogP contribution is 2.27. The standard InChI is InChI=1S/C13H15Cl2NO/c1-8-5-6-9(7-8)16-13(17)12-10(14)3-2-4-11(12)15/h2-4,8-9H,5-7H2,1H3,(H,16,17). The minimum absolute atomic E-state index is 0.167. The Labute approximate surface area is 111 Å². The average Bonchev–Trinajstić information content (AvgIpc) is 2.63. The summed E-state index contributed by atoms with van der Waals surface area (Å²) in [4.78, 5) is 12.1. The van der Waals surface area contributed by atoms with Crippen LogP contribution in [0.1, 0.15) is 36.5 Å². The molecule has 1 aromatic rings. The largest absolute Gasteiger partial charge is 0.349 e. The maximum Gasteiger partial charge on any atom is 0.254 e. The van der Waals surface area contributed by atoms with E-state index in [1.807, 2.05) is 0 Å². The van der Waals surface area contributed by atoms with Gasteiger partial charge in [-0.05, 0) is 37.3 Å². The highest BCUT2D eigenvalue weighted by atomic mass is 35.5. The van der Waals surface area contributed by atoms with E-state index in [0.717, 1.165) is 12.8 Å². The van der Waals surface area contributed by atoms with E-state index in [4.69, 9.17) is 23.2 Å². The lowest BCUT2D eigenvalue weighted by Crippen LogP contribution is -2.33. The van der Waals surface area contributed by atoms with Crippen LogP contribution in [-0.2, 0) is 0 Å². The fourth-order valence-electron chi connectivity index (χ4n) is 2.31. The monoisotopic (exact) mass is 271 g/mol. The van der Waals surface area contributed by atoms with Gasteiger partial charge in [0.2, 0.25) is 0 Å². The molecule has 2 rings (SSSR count). The van der Waals surface area contributed by atoms with Gasteiger partial charge in [-0.2, -0.15) is 0 Å². The second kappa shape index (κ2) is 5.28. The van der Waals surface area contributed by atoms with Crippen LogP contribution in [0.3, 0.4) is 0 Å². The van der Waals surface area contributed by atoms with Crippen LogP contribution in [0, 0.1) is 5.92 Å². The molecule has 17 heavy (non-hydrogen) atoms. The SMILES string of the molecule is CC1CCC(NC(=O)c2c(Cl)cccc2Cl)C1. The molecule has 0 spiro atoms. The molecule has 0 aromatic heterocycles. The molecule has 2 atom stereocenters. The van der Waals surface area contributed by atoms with Gasteiger partial charge in [-0.25, -0.2) is 0 Å². The van der Waals surface area contributed by atoms with Gasteiger partial charge in [-0.1, -0.05) is 36.2 Å². The highest BCUT2D eigenvalue weighted by Gasteiger charge is 2.24. The minimum atomic E-state index is -0.167. The molecule has 0 bridgehead atoms. The van der Waals surface area contributed by atoms with Crippen molar-refractivity contribution in [2.75, 3.05) is 0 Å². The highest BCUT2D eigenvalue weighted by molar-refractivity contribution is 6.39. The van der Waals surface area contributed by atoms with Crippen molar-refractivity contribution in [1.29, 1.82) is 0 Å². The van der Waals surface area contributed by atoms with Crippen molar-refractivity contribution < 1.29 is 4.79 Å². The van der Waals surface area contributed by atoms with Crippen LogP contribution in [0.2, 0.25) is 10.0 Å². The number of carbonyl (C=O) groups is 1. The van der Waals surface area contributed by atoms with Gasteiger partial charge in [0, 0.05) is 6.04 Å². The van der Waals surface area contributed by atoms with E-state index < -0.39 is 0 Å². The molecule has 1 aliphatic carbocycles. The number of carbonyl (C=O) groups excluding carboxylic acids is 1. The zero-order valence-corrected chi connectivity index (χ0v) is 11.2. The first-order valence-corrected chi connectivity index (χ1v) is 6.58. The summed E-state index contributed by atoms with van der Waals surface area (Å²) >= 11 is 12.0. The number of amides is 1. The quantitative estimate of drug-likeness (QED) is 0.868. The molecule has 1 aliphatic rings. The number of rotatable bonds is 2. The second-order valence-electron chi connectivity index (χ2n) is 4.69. The Bertz CT molecular complexity index is 413. The van der Waals surface area contributed by atoms with E-state index in [-0.39, 0.29) is 11.9 Å². The Morgan fingerprint density at radius 2 is 1.94 bits per heavy atom. The predicted octanol–water partition coefficient (Wildman–Crippen LogP) is 3.91. The first kappa shape index (κ1) is 12.7. The third-order valence-electron chi connectivity index (χ3n) is 3.22. The zero-order chi connectivity index (χ0) is 12.4. The molecule has 0 saturated heterocycles. The van der Waals surface area contributed by atoms with Gasteiger partial charge in [-0.3, -0.25) is 4.79 Å². The Balaban J connectivity index is 2.10. The Morgan fingerprint density at radius 1 is 1.29 bits per heavy atom. The fraction of sp³-hybridized carbons (Fsp3) is 0.462. The van der Waals surface area contributed by atoms with Crippen molar-refractivity contribution in [2.24, 2.45) is 5.92 Å². The number of benzene rings is 1. The Kier molecular flexibility index (Phi) is 3.95. The van der Waals surface area contributed by atoms with Gasteiger partial charge < -0.3 is 5.32 Å². The lowest BCUT2D eigenvalue weighted by molar-refractivity contribution is 0.0937. The normalized spacial score (nSPS) is 23.7. The number of halogens is 2. The molecule has 1 saturated carbocycles. The summed E-state index contributed by atoms with van der Waals surface area (Å²) in [6.07, 6.45) is 3.24. The third-order valence-corrected chi connectivity index (χ3v) is 3.85. The fourth-order valence-corrected chi connectivity index (χ4v) is 2.88. The van der Waals surface area contributed by atoms with Crippen molar-refractivity contribution in [3.8, 4) is 0 Å². The van der Waals surface area contributed by atoms with Gasteiger partial charge in [0.15, 0.2) is 0 Å².